The molecule has 1 saturated heterocycles. The summed E-state index contributed by atoms with van der Waals surface area (Å²) in [4.78, 5) is 26.8. The van der Waals surface area contributed by atoms with E-state index in [0.29, 0.717) is 35.5 Å². The van der Waals surface area contributed by atoms with Crippen LogP contribution in [0.15, 0.2) is 57.7 Å². The maximum Gasteiger partial charge on any atom is 0.336 e. The van der Waals surface area contributed by atoms with Gasteiger partial charge in [0.15, 0.2) is 6.61 Å². The SMILES string of the molecule is O=C(COc1cc2oc(=O)cc(-c3ccccc3)c2cc1Cl)N1CC[C@@]2(O)CCCC[C@H]2C1. The van der Waals surface area contributed by atoms with Gasteiger partial charge in [-0.25, -0.2) is 4.79 Å². The number of amides is 1. The van der Waals surface area contributed by atoms with Crippen LogP contribution >= 0.6 is 11.6 Å². The van der Waals surface area contributed by atoms with E-state index >= 15 is 0 Å². The van der Waals surface area contributed by atoms with Gasteiger partial charge in [-0.05, 0) is 36.5 Å². The predicted molar refractivity (Wildman–Crippen MR) is 127 cm³/mol. The highest BCUT2D eigenvalue weighted by Crippen LogP contribution is 2.40. The topological polar surface area (TPSA) is 80.0 Å². The quantitative estimate of drug-likeness (QED) is 0.565. The highest BCUT2D eigenvalue weighted by Gasteiger charge is 2.43. The number of carbonyl (C=O) groups excluding carboxylic acids is 1. The van der Waals surface area contributed by atoms with Crippen molar-refractivity contribution in [3.63, 3.8) is 0 Å². The van der Waals surface area contributed by atoms with Crippen molar-refractivity contribution in [2.24, 2.45) is 5.92 Å². The number of piperidine rings is 1. The molecular formula is C26H26ClNO5. The molecule has 0 unspecified atom stereocenters. The van der Waals surface area contributed by atoms with Crippen molar-refractivity contribution in [2.75, 3.05) is 19.7 Å². The van der Waals surface area contributed by atoms with E-state index in [-0.39, 0.29) is 24.2 Å². The summed E-state index contributed by atoms with van der Waals surface area (Å²) in [6, 6.07) is 14.2. The zero-order chi connectivity index (χ0) is 23.0. The molecule has 3 aromatic rings. The van der Waals surface area contributed by atoms with Crippen LogP contribution in [0, 0.1) is 5.92 Å². The van der Waals surface area contributed by atoms with Crippen molar-refractivity contribution in [2.45, 2.75) is 37.7 Å². The Labute approximate surface area is 196 Å². The monoisotopic (exact) mass is 467 g/mol. The summed E-state index contributed by atoms with van der Waals surface area (Å²) in [5, 5.41) is 11.9. The largest absolute Gasteiger partial charge is 0.482 e. The number of rotatable bonds is 4. The Balaban J connectivity index is 1.34. The first kappa shape index (κ1) is 22.0. The second kappa shape index (κ2) is 8.84. The Bertz CT molecular complexity index is 1240. The van der Waals surface area contributed by atoms with Gasteiger partial charge < -0.3 is 19.2 Å². The molecule has 1 amide bonds. The lowest BCUT2D eigenvalue weighted by Crippen LogP contribution is -2.55. The van der Waals surface area contributed by atoms with Crippen LogP contribution in [-0.2, 0) is 4.79 Å². The van der Waals surface area contributed by atoms with Crippen molar-refractivity contribution in [1.82, 2.24) is 4.90 Å². The van der Waals surface area contributed by atoms with Crippen LogP contribution in [0.5, 0.6) is 5.75 Å². The van der Waals surface area contributed by atoms with Gasteiger partial charge in [-0.3, -0.25) is 4.79 Å². The Hall–Kier alpha value is -2.83. The number of halogens is 1. The standard InChI is InChI=1S/C26H26ClNO5/c27-21-12-20-19(17-6-2-1-3-7-17)13-25(30)33-22(20)14-23(21)32-16-24(29)28-11-10-26(31)9-5-4-8-18(26)15-28/h1-3,6-7,12-14,18,31H,4-5,8-11,15-16H2/t18-,26-/m0/s1. The number of carbonyl (C=O) groups is 1. The lowest BCUT2D eigenvalue weighted by molar-refractivity contribution is -0.145. The van der Waals surface area contributed by atoms with Gasteiger partial charge in [0.05, 0.1) is 10.6 Å². The summed E-state index contributed by atoms with van der Waals surface area (Å²) in [5.41, 5.74) is 0.839. The molecule has 1 aliphatic carbocycles. The molecule has 2 aromatic carbocycles. The van der Waals surface area contributed by atoms with Crippen molar-refractivity contribution in [1.29, 1.82) is 0 Å². The molecule has 0 bridgehead atoms. The molecule has 172 valence electrons. The van der Waals surface area contributed by atoms with Crippen LogP contribution in [0.4, 0.5) is 0 Å². The van der Waals surface area contributed by atoms with Crippen LogP contribution in [0.2, 0.25) is 5.02 Å². The number of ether oxygens (including phenoxy) is 1. The minimum atomic E-state index is -0.633. The summed E-state index contributed by atoms with van der Waals surface area (Å²) in [5.74, 6) is 0.272. The molecule has 1 aliphatic heterocycles. The number of benzene rings is 2. The van der Waals surface area contributed by atoms with Gasteiger partial charge in [0, 0.05) is 36.5 Å². The fourth-order valence-corrected chi connectivity index (χ4v) is 5.38. The molecule has 1 N–H and O–H groups in total. The maximum atomic E-state index is 12.8. The zero-order valence-electron chi connectivity index (χ0n) is 18.3. The van der Waals surface area contributed by atoms with Crippen LogP contribution < -0.4 is 10.4 Å². The number of aliphatic hydroxyl groups is 1. The van der Waals surface area contributed by atoms with Crippen LogP contribution in [-0.4, -0.2) is 41.2 Å². The number of hydrogen-bond donors (Lipinski definition) is 1. The minimum absolute atomic E-state index is 0.124. The Kier molecular flexibility index (Phi) is 5.89. The van der Waals surface area contributed by atoms with E-state index in [2.05, 4.69) is 0 Å². The average Bonchev–Trinajstić information content (AvgIpc) is 2.82. The van der Waals surface area contributed by atoms with Gasteiger partial charge in [-0.15, -0.1) is 0 Å². The number of fused-ring (bicyclic) bond motifs is 2. The normalized spacial score (nSPS) is 22.7. The molecule has 2 aliphatic rings. The van der Waals surface area contributed by atoms with Crippen molar-refractivity contribution in [3.05, 3.63) is 64.0 Å². The summed E-state index contributed by atoms with van der Waals surface area (Å²) in [7, 11) is 0. The van der Waals surface area contributed by atoms with Gasteiger partial charge in [0.1, 0.15) is 11.3 Å². The first-order valence-corrected chi connectivity index (χ1v) is 11.8. The molecule has 1 aromatic heterocycles. The van der Waals surface area contributed by atoms with E-state index < -0.39 is 11.2 Å². The zero-order valence-corrected chi connectivity index (χ0v) is 19.0. The van der Waals surface area contributed by atoms with E-state index in [1.807, 2.05) is 30.3 Å². The van der Waals surface area contributed by atoms with Crippen molar-refractivity contribution in [3.8, 4) is 16.9 Å². The third-order valence-electron chi connectivity index (χ3n) is 7.01. The van der Waals surface area contributed by atoms with Crippen molar-refractivity contribution >= 4 is 28.5 Å². The molecule has 5 rings (SSSR count). The molecule has 0 radical (unpaired) electrons. The van der Waals surface area contributed by atoms with Gasteiger partial charge in [-0.2, -0.15) is 0 Å². The fraction of sp³-hybridized carbons (Fsp3) is 0.385. The van der Waals surface area contributed by atoms with Crippen LogP contribution in [0.3, 0.4) is 0 Å². The van der Waals surface area contributed by atoms with E-state index in [0.717, 1.165) is 36.8 Å². The Morgan fingerprint density at radius 2 is 2.00 bits per heavy atom. The van der Waals surface area contributed by atoms with Gasteiger partial charge >= 0.3 is 5.63 Å². The summed E-state index contributed by atoms with van der Waals surface area (Å²) < 4.78 is 11.2. The Morgan fingerprint density at radius 3 is 2.82 bits per heavy atom. The molecular weight excluding hydrogens is 442 g/mol. The highest BCUT2D eigenvalue weighted by atomic mass is 35.5. The molecule has 0 spiro atoms. The van der Waals surface area contributed by atoms with Gasteiger partial charge in [-0.1, -0.05) is 54.8 Å². The summed E-state index contributed by atoms with van der Waals surface area (Å²) >= 11 is 6.48. The molecule has 2 atom stereocenters. The molecule has 7 heteroatoms. The average molecular weight is 468 g/mol. The number of hydrogen-bond acceptors (Lipinski definition) is 5. The molecule has 2 fully saturated rings. The first-order chi connectivity index (χ1) is 15.9. The van der Waals surface area contributed by atoms with Crippen LogP contribution in [0.1, 0.15) is 32.1 Å². The van der Waals surface area contributed by atoms with Crippen molar-refractivity contribution < 1.29 is 19.1 Å². The van der Waals surface area contributed by atoms with Gasteiger partial charge in [0.25, 0.3) is 5.91 Å². The summed E-state index contributed by atoms with van der Waals surface area (Å²) in [6.07, 6.45) is 4.51. The third-order valence-corrected chi connectivity index (χ3v) is 7.31. The van der Waals surface area contributed by atoms with E-state index in [9.17, 15) is 14.7 Å². The second-order valence-corrected chi connectivity index (χ2v) is 9.46. The van der Waals surface area contributed by atoms with Crippen LogP contribution in [0.25, 0.3) is 22.1 Å². The molecule has 6 nitrogen and oxygen atoms in total. The third kappa shape index (κ3) is 4.37. The number of likely N-dealkylation sites (tertiary alicyclic amines) is 1. The van der Waals surface area contributed by atoms with E-state index in [1.165, 1.54) is 6.07 Å². The van der Waals surface area contributed by atoms with E-state index in [4.69, 9.17) is 20.8 Å². The van der Waals surface area contributed by atoms with Gasteiger partial charge in [0.2, 0.25) is 0 Å². The lowest BCUT2D eigenvalue weighted by atomic mass is 9.71. The second-order valence-electron chi connectivity index (χ2n) is 9.05. The predicted octanol–water partition coefficient (Wildman–Crippen LogP) is 4.65. The van der Waals surface area contributed by atoms with E-state index in [1.54, 1.807) is 17.0 Å². The minimum Gasteiger partial charge on any atom is -0.482 e. The molecule has 1 saturated carbocycles. The highest BCUT2D eigenvalue weighted by molar-refractivity contribution is 6.33. The lowest BCUT2D eigenvalue weighted by Gasteiger charge is -2.47. The Morgan fingerprint density at radius 1 is 1.18 bits per heavy atom. The molecule has 2 heterocycles. The summed E-state index contributed by atoms with van der Waals surface area (Å²) in [6.45, 7) is 0.911. The maximum absolute atomic E-state index is 12.8. The molecule has 33 heavy (non-hydrogen) atoms. The number of nitrogens with zero attached hydrogens (tertiary/aromatic N) is 1. The smallest absolute Gasteiger partial charge is 0.336 e. The first-order valence-electron chi connectivity index (χ1n) is 11.4. The fourth-order valence-electron chi connectivity index (χ4n) is 5.16.